The quantitative estimate of drug-likeness (QED) is 0.680. The fraction of sp³-hybridized carbons (Fsp3) is 0.722. The molecule has 1 saturated carbocycles. The van der Waals surface area contributed by atoms with Crippen LogP contribution in [0.5, 0.6) is 0 Å². The van der Waals surface area contributed by atoms with Gasteiger partial charge in [0.1, 0.15) is 5.82 Å². The first-order valence-electron chi connectivity index (χ1n) is 8.78. The summed E-state index contributed by atoms with van der Waals surface area (Å²) in [4.78, 5) is 30.9. The smallest absolute Gasteiger partial charge is 0.254 e. The minimum Gasteiger partial charge on any atom is -0.387 e. The van der Waals surface area contributed by atoms with Crippen LogP contribution in [0.3, 0.4) is 0 Å². The number of ether oxygens (including phenoxy) is 1. The molecule has 1 heterocycles. The van der Waals surface area contributed by atoms with Gasteiger partial charge in [0.25, 0.3) is 5.56 Å². The lowest BCUT2D eigenvalue weighted by Gasteiger charge is -2.57. The maximum atomic E-state index is 12.1. The van der Waals surface area contributed by atoms with Gasteiger partial charge >= 0.3 is 0 Å². The van der Waals surface area contributed by atoms with Crippen LogP contribution in [0.25, 0.3) is 0 Å². The molecule has 3 N–H and O–H groups in total. The highest BCUT2D eigenvalue weighted by Gasteiger charge is 2.59. The van der Waals surface area contributed by atoms with E-state index in [1.165, 1.54) is 0 Å². The SMILES string of the molecule is CCOC1CC(O)(CNC(=O)CCc2c(C)nc(C)[nH]c2=O)C1(C)C. The predicted molar refractivity (Wildman–Crippen MR) is 94.4 cm³/mol. The van der Waals surface area contributed by atoms with E-state index < -0.39 is 11.0 Å². The van der Waals surface area contributed by atoms with Gasteiger partial charge in [0.05, 0.1) is 11.7 Å². The van der Waals surface area contributed by atoms with Crippen molar-refractivity contribution >= 4 is 5.91 Å². The van der Waals surface area contributed by atoms with Crippen LogP contribution in [-0.2, 0) is 16.0 Å². The van der Waals surface area contributed by atoms with Crippen molar-refractivity contribution in [2.75, 3.05) is 13.2 Å². The molecule has 0 aromatic carbocycles. The van der Waals surface area contributed by atoms with Crippen LogP contribution in [0.1, 0.15) is 50.7 Å². The number of aromatic amines is 1. The van der Waals surface area contributed by atoms with E-state index in [-0.39, 0.29) is 30.5 Å². The first-order chi connectivity index (χ1) is 11.6. The van der Waals surface area contributed by atoms with Crippen LogP contribution in [0.15, 0.2) is 4.79 Å². The van der Waals surface area contributed by atoms with Gasteiger partial charge in [-0.1, -0.05) is 13.8 Å². The van der Waals surface area contributed by atoms with Crippen molar-refractivity contribution in [3.05, 3.63) is 27.4 Å². The van der Waals surface area contributed by atoms with E-state index in [2.05, 4.69) is 15.3 Å². The van der Waals surface area contributed by atoms with Crippen molar-refractivity contribution in [3.8, 4) is 0 Å². The molecule has 0 spiro atoms. The molecule has 1 amide bonds. The molecule has 0 bridgehead atoms. The van der Waals surface area contributed by atoms with E-state index in [9.17, 15) is 14.7 Å². The zero-order valence-electron chi connectivity index (χ0n) is 15.7. The Morgan fingerprint density at radius 2 is 2.12 bits per heavy atom. The van der Waals surface area contributed by atoms with E-state index in [0.29, 0.717) is 36.5 Å². The molecule has 7 heteroatoms. The number of H-pyrrole nitrogens is 1. The van der Waals surface area contributed by atoms with Crippen molar-refractivity contribution in [2.24, 2.45) is 5.41 Å². The highest BCUT2D eigenvalue weighted by atomic mass is 16.5. The second-order valence-electron chi connectivity index (χ2n) is 7.39. The number of nitrogens with zero attached hydrogens (tertiary/aromatic N) is 1. The van der Waals surface area contributed by atoms with E-state index in [1.54, 1.807) is 13.8 Å². The molecule has 140 valence electrons. The lowest BCUT2D eigenvalue weighted by molar-refractivity contribution is -0.238. The van der Waals surface area contributed by atoms with Crippen molar-refractivity contribution in [3.63, 3.8) is 0 Å². The van der Waals surface area contributed by atoms with Gasteiger partial charge in [-0.3, -0.25) is 9.59 Å². The minimum absolute atomic E-state index is 0.000701. The van der Waals surface area contributed by atoms with Gasteiger partial charge in [0, 0.05) is 42.7 Å². The predicted octanol–water partition coefficient (Wildman–Crippen LogP) is 1.00. The Labute approximate surface area is 148 Å². The van der Waals surface area contributed by atoms with E-state index in [1.807, 2.05) is 20.8 Å². The summed E-state index contributed by atoms with van der Waals surface area (Å²) in [7, 11) is 0. The second-order valence-corrected chi connectivity index (χ2v) is 7.39. The number of nitrogens with one attached hydrogen (secondary N) is 2. The Morgan fingerprint density at radius 3 is 2.68 bits per heavy atom. The van der Waals surface area contributed by atoms with Gasteiger partial charge in [-0.25, -0.2) is 4.98 Å². The third-order valence-electron chi connectivity index (χ3n) is 5.42. The molecule has 2 unspecified atom stereocenters. The molecule has 0 saturated heterocycles. The number of hydrogen-bond donors (Lipinski definition) is 3. The van der Waals surface area contributed by atoms with Crippen LogP contribution in [0, 0.1) is 19.3 Å². The molecule has 1 aromatic rings. The Morgan fingerprint density at radius 1 is 1.44 bits per heavy atom. The van der Waals surface area contributed by atoms with Crippen molar-refractivity contribution in [2.45, 2.75) is 65.6 Å². The average Bonchev–Trinajstić information content (AvgIpc) is 2.51. The van der Waals surface area contributed by atoms with Gasteiger partial charge in [0.2, 0.25) is 5.91 Å². The van der Waals surface area contributed by atoms with Gasteiger partial charge < -0.3 is 20.1 Å². The molecular weight excluding hydrogens is 322 g/mol. The molecule has 2 rings (SSSR count). The fourth-order valence-corrected chi connectivity index (χ4v) is 3.38. The topological polar surface area (TPSA) is 104 Å². The Hall–Kier alpha value is -1.73. The van der Waals surface area contributed by atoms with Crippen LogP contribution in [-0.4, -0.2) is 45.8 Å². The zero-order chi connectivity index (χ0) is 18.8. The molecule has 1 fully saturated rings. The largest absolute Gasteiger partial charge is 0.387 e. The summed E-state index contributed by atoms with van der Waals surface area (Å²) >= 11 is 0. The van der Waals surface area contributed by atoms with Gasteiger partial charge in [-0.15, -0.1) is 0 Å². The lowest BCUT2D eigenvalue weighted by atomic mass is 9.56. The van der Waals surface area contributed by atoms with Gasteiger partial charge in [0.15, 0.2) is 0 Å². The summed E-state index contributed by atoms with van der Waals surface area (Å²) in [5, 5.41) is 13.5. The van der Waals surface area contributed by atoms with Gasteiger partial charge in [-0.05, 0) is 27.2 Å². The molecule has 0 aliphatic heterocycles. The van der Waals surface area contributed by atoms with Gasteiger partial charge in [-0.2, -0.15) is 0 Å². The third kappa shape index (κ3) is 3.93. The van der Waals surface area contributed by atoms with Crippen LogP contribution in [0.4, 0.5) is 0 Å². The highest BCUT2D eigenvalue weighted by Crippen LogP contribution is 2.50. The fourth-order valence-electron chi connectivity index (χ4n) is 3.38. The zero-order valence-corrected chi connectivity index (χ0v) is 15.7. The molecule has 25 heavy (non-hydrogen) atoms. The highest BCUT2D eigenvalue weighted by molar-refractivity contribution is 5.76. The number of aliphatic hydroxyl groups is 1. The molecule has 1 aliphatic carbocycles. The molecule has 0 radical (unpaired) electrons. The monoisotopic (exact) mass is 351 g/mol. The summed E-state index contributed by atoms with van der Waals surface area (Å²) in [5.74, 6) is 0.373. The first-order valence-corrected chi connectivity index (χ1v) is 8.78. The Kier molecular flexibility index (Phi) is 5.68. The molecule has 2 atom stereocenters. The molecule has 1 aromatic heterocycles. The third-order valence-corrected chi connectivity index (χ3v) is 5.42. The molecule has 1 aliphatic rings. The molecular formula is C18H29N3O4. The summed E-state index contributed by atoms with van der Waals surface area (Å²) in [6, 6.07) is 0. The van der Waals surface area contributed by atoms with Crippen molar-refractivity contribution in [1.82, 2.24) is 15.3 Å². The van der Waals surface area contributed by atoms with Crippen LogP contribution < -0.4 is 10.9 Å². The van der Waals surface area contributed by atoms with E-state index in [4.69, 9.17) is 4.74 Å². The summed E-state index contributed by atoms with van der Waals surface area (Å²) in [6.45, 7) is 10.1. The van der Waals surface area contributed by atoms with Crippen molar-refractivity contribution < 1.29 is 14.6 Å². The Balaban J connectivity index is 1.87. The minimum atomic E-state index is -0.971. The van der Waals surface area contributed by atoms with Crippen LogP contribution >= 0.6 is 0 Å². The normalized spacial score (nSPS) is 24.6. The van der Waals surface area contributed by atoms with E-state index in [0.717, 1.165) is 0 Å². The summed E-state index contributed by atoms with van der Waals surface area (Å²) in [6.07, 6.45) is 1.01. The number of carbonyl (C=O) groups excluding carboxylic acids is 1. The first kappa shape index (κ1) is 19.6. The number of rotatable bonds is 7. The number of carbonyl (C=O) groups is 1. The standard InChI is InChI=1S/C18H29N3O4/c1-6-25-14-9-18(24,17(14,4)5)10-19-15(22)8-7-13-11(2)20-12(3)21-16(13)23/h14,24H,6-10H2,1-5H3,(H,19,22)(H,20,21,23). The second kappa shape index (κ2) is 7.25. The van der Waals surface area contributed by atoms with E-state index >= 15 is 0 Å². The summed E-state index contributed by atoms with van der Waals surface area (Å²) < 4.78 is 5.62. The summed E-state index contributed by atoms with van der Waals surface area (Å²) in [5.41, 5.74) is -0.407. The average molecular weight is 351 g/mol. The Bertz CT molecular complexity index is 698. The number of aryl methyl sites for hydroxylation is 2. The lowest BCUT2D eigenvalue weighted by Crippen LogP contribution is -2.68. The van der Waals surface area contributed by atoms with Crippen molar-refractivity contribution in [1.29, 1.82) is 0 Å². The number of hydrogen-bond acceptors (Lipinski definition) is 5. The number of amides is 1. The maximum absolute atomic E-state index is 12.1. The molecule has 7 nitrogen and oxygen atoms in total. The number of aromatic nitrogens is 2. The van der Waals surface area contributed by atoms with Crippen LogP contribution in [0.2, 0.25) is 0 Å². The maximum Gasteiger partial charge on any atom is 0.254 e.